The van der Waals surface area contributed by atoms with Crippen LogP contribution in [-0.2, 0) is 20.8 Å². The summed E-state index contributed by atoms with van der Waals surface area (Å²) in [7, 11) is 0. The van der Waals surface area contributed by atoms with Crippen LogP contribution in [0.2, 0.25) is 0 Å². The van der Waals surface area contributed by atoms with Crippen molar-refractivity contribution in [3.8, 4) is 0 Å². The third-order valence-corrected chi connectivity index (χ3v) is 3.30. The summed E-state index contributed by atoms with van der Waals surface area (Å²) in [6.07, 6.45) is 1.49. The molecule has 106 valence electrons. The van der Waals surface area contributed by atoms with Gasteiger partial charge in [-0.2, -0.15) is 0 Å². The zero-order valence-corrected chi connectivity index (χ0v) is 11.3. The monoisotopic (exact) mass is 274 g/mol. The average Bonchev–Trinajstić information content (AvgIpc) is 2.77. The van der Waals surface area contributed by atoms with E-state index in [0.717, 1.165) is 12.0 Å². The molecule has 0 bridgehead atoms. The van der Waals surface area contributed by atoms with Crippen LogP contribution < -0.4 is 5.32 Å². The summed E-state index contributed by atoms with van der Waals surface area (Å²) in [5.74, 6) is -0.479. The zero-order valence-electron chi connectivity index (χ0n) is 11.3. The van der Waals surface area contributed by atoms with E-state index in [1.807, 2.05) is 30.3 Å². The Morgan fingerprint density at radius 2 is 1.75 bits per heavy atom. The molecule has 0 atom stereocenters. The highest BCUT2D eigenvalue weighted by molar-refractivity contribution is 6.02. The van der Waals surface area contributed by atoms with Gasteiger partial charge in [-0.3, -0.25) is 19.3 Å². The van der Waals surface area contributed by atoms with Crippen molar-refractivity contribution >= 4 is 17.7 Å². The number of imide groups is 1. The molecule has 3 amide bonds. The fourth-order valence-corrected chi connectivity index (χ4v) is 2.16. The normalized spacial score (nSPS) is 14.7. The van der Waals surface area contributed by atoms with Crippen molar-refractivity contribution < 1.29 is 14.4 Å². The van der Waals surface area contributed by atoms with Gasteiger partial charge < -0.3 is 5.32 Å². The van der Waals surface area contributed by atoms with Crippen LogP contribution in [0.25, 0.3) is 0 Å². The van der Waals surface area contributed by atoms with Crippen molar-refractivity contribution in [2.45, 2.75) is 25.7 Å². The Bertz CT molecular complexity index is 483. The van der Waals surface area contributed by atoms with Gasteiger partial charge in [0.2, 0.25) is 17.7 Å². The lowest BCUT2D eigenvalue weighted by molar-refractivity contribution is -0.138. The molecule has 0 unspecified atom stereocenters. The Kier molecular flexibility index (Phi) is 4.87. The van der Waals surface area contributed by atoms with Crippen LogP contribution in [0.3, 0.4) is 0 Å². The zero-order chi connectivity index (χ0) is 14.4. The van der Waals surface area contributed by atoms with Crippen LogP contribution in [-0.4, -0.2) is 35.7 Å². The van der Waals surface area contributed by atoms with E-state index in [9.17, 15) is 14.4 Å². The molecule has 1 aromatic carbocycles. The molecule has 2 rings (SSSR count). The molecule has 1 aliphatic heterocycles. The van der Waals surface area contributed by atoms with Gasteiger partial charge in [-0.25, -0.2) is 0 Å². The first-order chi connectivity index (χ1) is 9.66. The molecular formula is C15H18N2O3. The molecule has 5 heteroatoms. The Balaban J connectivity index is 1.66. The second kappa shape index (κ2) is 6.84. The number of benzene rings is 1. The van der Waals surface area contributed by atoms with Crippen molar-refractivity contribution in [2.75, 3.05) is 13.1 Å². The third kappa shape index (κ3) is 3.91. The van der Waals surface area contributed by atoms with Crippen LogP contribution in [0.1, 0.15) is 24.8 Å². The van der Waals surface area contributed by atoms with E-state index < -0.39 is 0 Å². The minimum atomic E-state index is -0.174. The van der Waals surface area contributed by atoms with E-state index in [4.69, 9.17) is 0 Å². The average molecular weight is 274 g/mol. The Hall–Kier alpha value is -2.17. The second-order valence-electron chi connectivity index (χ2n) is 4.77. The molecule has 0 radical (unpaired) electrons. The summed E-state index contributed by atoms with van der Waals surface area (Å²) < 4.78 is 0. The molecule has 0 aromatic heterocycles. The minimum absolute atomic E-state index is 0.131. The summed E-state index contributed by atoms with van der Waals surface area (Å²) in [6, 6.07) is 9.89. The number of rotatable bonds is 6. The van der Waals surface area contributed by atoms with Gasteiger partial charge in [-0.15, -0.1) is 0 Å². The molecule has 5 nitrogen and oxygen atoms in total. The van der Waals surface area contributed by atoms with Crippen LogP contribution in [0, 0.1) is 0 Å². The highest BCUT2D eigenvalue weighted by Crippen LogP contribution is 2.11. The van der Waals surface area contributed by atoms with E-state index in [1.54, 1.807) is 0 Å². The number of nitrogens with zero attached hydrogens (tertiary/aromatic N) is 1. The van der Waals surface area contributed by atoms with Gasteiger partial charge in [-0.05, 0) is 12.0 Å². The fourth-order valence-electron chi connectivity index (χ4n) is 2.16. The third-order valence-electron chi connectivity index (χ3n) is 3.30. The summed E-state index contributed by atoms with van der Waals surface area (Å²) in [5, 5.41) is 2.80. The van der Waals surface area contributed by atoms with Gasteiger partial charge in [0, 0.05) is 32.4 Å². The number of amides is 3. The summed E-state index contributed by atoms with van der Waals surface area (Å²) in [5.41, 5.74) is 1.16. The van der Waals surface area contributed by atoms with E-state index in [2.05, 4.69) is 5.32 Å². The maximum absolute atomic E-state index is 11.6. The lowest BCUT2D eigenvalue weighted by atomic mass is 10.1. The van der Waals surface area contributed by atoms with Crippen molar-refractivity contribution in [1.82, 2.24) is 10.2 Å². The lowest BCUT2D eigenvalue weighted by Crippen LogP contribution is -2.34. The summed E-state index contributed by atoms with van der Waals surface area (Å²) in [6.45, 7) is 0.750. The van der Waals surface area contributed by atoms with Crippen molar-refractivity contribution in [2.24, 2.45) is 0 Å². The Labute approximate surface area is 118 Å². The molecule has 1 aliphatic rings. The fraction of sp³-hybridized carbons (Fsp3) is 0.400. The Morgan fingerprint density at radius 1 is 1.10 bits per heavy atom. The van der Waals surface area contributed by atoms with Crippen molar-refractivity contribution in [1.29, 1.82) is 0 Å². The van der Waals surface area contributed by atoms with Crippen LogP contribution in [0.5, 0.6) is 0 Å². The summed E-state index contributed by atoms with van der Waals surface area (Å²) in [4.78, 5) is 35.6. The van der Waals surface area contributed by atoms with E-state index in [-0.39, 0.29) is 43.5 Å². The van der Waals surface area contributed by atoms with Crippen molar-refractivity contribution in [3.05, 3.63) is 35.9 Å². The predicted octanol–water partition coefficient (Wildman–Crippen LogP) is 0.884. The minimum Gasteiger partial charge on any atom is -0.356 e. The Morgan fingerprint density at radius 3 is 2.40 bits per heavy atom. The highest BCUT2D eigenvalue weighted by atomic mass is 16.2. The first kappa shape index (κ1) is 14.2. The first-order valence-electron chi connectivity index (χ1n) is 6.80. The molecule has 1 aromatic rings. The van der Waals surface area contributed by atoms with Gasteiger partial charge in [0.15, 0.2) is 0 Å². The predicted molar refractivity (Wildman–Crippen MR) is 73.7 cm³/mol. The van der Waals surface area contributed by atoms with Crippen molar-refractivity contribution in [3.63, 3.8) is 0 Å². The number of likely N-dealkylation sites (tertiary alicyclic amines) is 1. The molecule has 1 heterocycles. The quantitative estimate of drug-likeness (QED) is 0.783. The first-order valence-corrected chi connectivity index (χ1v) is 6.80. The number of hydrogen-bond acceptors (Lipinski definition) is 3. The van der Waals surface area contributed by atoms with E-state index >= 15 is 0 Å². The number of carbonyl (C=O) groups excluding carboxylic acids is 3. The number of carbonyl (C=O) groups is 3. The molecular weight excluding hydrogens is 256 g/mol. The molecule has 20 heavy (non-hydrogen) atoms. The molecule has 1 saturated heterocycles. The largest absolute Gasteiger partial charge is 0.356 e. The van der Waals surface area contributed by atoms with Crippen LogP contribution in [0.4, 0.5) is 0 Å². The molecule has 0 aliphatic carbocycles. The maximum Gasteiger partial charge on any atom is 0.229 e. The molecule has 0 saturated carbocycles. The lowest BCUT2D eigenvalue weighted by Gasteiger charge is -2.13. The topological polar surface area (TPSA) is 66.5 Å². The van der Waals surface area contributed by atoms with Gasteiger partial charge in [-0.1, -0.05) is 30.3 Å². The van der Waals surface area contributed by atoms with Gasteiger partial charge >= 0.3 is 0 Å². The molecule has 0 spiro atoms. The maximum atomic E-state index is 11.6. The summed E-state index contributed by atoms with van der Waals surface area (Å²) >= 11 is 0. The van der Waals surface area contributed by atoms with Gasteiger partial charge in [0.1, 0.15) is 0 Å². The smallest absolute Gasteiger partial charge is 0.229 e. The van der Waals surface area contributed by atoms with Crippen LogP contribution in [0.15, 0.2) is 30.3 Å². The van der Waals surface area contributed by atoms with Gasteiger partial charge in [0.05, 0.1) is 0 Å². The number of nitrogens with one attached hydrogen (secondary N) is 1. The van der Waals surface area contributed by atoms with E-state index in [1.165, 1.54) is 4.90 Å². The van der Waals surface area contributed by atoms with E-state index in [0.29, 0.717) is 6.54 Å². The highest BCUT2D eigenvalue weighted by Gasteiger charge is 2.28. The number of hydrogen-bond donors (Lipinski definition) is 1. The SMILES string of the molecule is O=C(CCN1C(=O)CCC1=O)NCCc1ccccc1. The van der Waals surface area contributed by atoms with Crippen LogP contribution >= 0.6 is 0 Å². The molecule has 1 N–H and O–H groups in total. The van der Waals surface area contributed by atoms with Gasteiger partial charge in [0.25, 0.3) is 0 Å². The molecule has 1 fully saturated rings. The standard InChI is InChI=1S/C15H18N2O3/c18-13(9-11-17-14(19)6-7-15(17)20)16-10-8-12-4-2-1-3-5-12/h1-5H,6-11H2,(H,16,18). The second-order valence-corrected chi connectivity index (χ2v) is 4.77.